The summed E-state index contributed by atoms with van der Waals surface area (Å²) in [6, 6.07) is 16.4. The Labute approximate surface area is 175 Å². The SMILES string of the molecule is CC1CCCN(c2ccc(C(C)NC(=O)COc3ccccc3C(C)C)cc2)C1. The maximum atomic E-state index is 12.4. The zero-order valence-electron chi connectivity index (χ0n) is 18.2. The van der Waals surface area contributed by atoms with Crippen LogP contribution in [0.5, 0.6) is 5.75 Å². The van der Waals surface area contributed by atoms with Crippen LogP contribution >= 0.6 is 0 Å². The van der Waals surface area contributed by atoms with Crippen molar-refractivity contribution in [1.82, 2.24) is 5.32 Å². The number of ether oxygens (including phenoxy) is 1. The van der Waals surface area contributed by atoms with Crippen LogP contribution in [0, 0.1) is 5.92 Å². The number of benzene rings is 2. The smallest absolute Gasteiger partial charge is 0.258 e. The monoisotopic (exact) mass is 394 g/mol. The lowest BCUT2D eigenvalue weighted by atomic mass is 9.99. The van der Waals surface area contributed by atoms with E-state index in [0.717, 1.165) is 35.9 Å². The van der Waals surface area contributed by atoms with E-state index in [9.17, 15) is 4.79 Å². The van der Waals surface area contributed by atoms with Crippen molar-refractivity contribution in [1.29, 1.82) is 0 Å². The third-order valence-electron chi connectivity index (χ3n) is 5.69. The normalized spacial score (nSPS) is 17.8. The highest BCUT2D eigenvalue weighted by molar-refractivity contribution is 5.78. The Hall–Kier alpha value is -2.49. The number of hydrogen-bond acceptors (Lipinski definition) is 3. The Balaban J connectivity index is 1.53. The second-order valence-electron chi connectivity index (χ2n) is 8.56. The van der Waals surface area contributed by atoms with Gasteiger partial charge in [0.1, 0.15) is 5.75 Å². The van der Waals surface area contributed by atoms with Gasteiger partial charge in [0.25, 0.3) is 5.91 Å². The van der Waals surface area contributed by atoms with Gasteiger partial charge < -0.3 is 15.0 Å². The number of nitrogens with zero attached hydrogens (tertiary/aromatic N) is 1. The van der Waals surface area contributed by atoms with Crippen LogP contribution in [0.2, 0.25) is 0 Å². The number of para-hydroxylation sites is 1. The summed E-state index contributed by atoms with van der Waals surface area (Å²) in [7, 11) is 0. The number of carbonyl (C=O) groups is 1. The molecular weight excluding hydrogens is 360 g/mol. The molecule has 29 heavy (non-hydrogen) atoms. The van der Waals surface area contributed by atoms with Crippen molar-refractivity contribution in [2.75, 3.05) is 24.6 Å². The summed E-state index contributed by atoms with van der Waals surface area (Å²) in [5.41, 5.74) is 3.50. The Morgan fingerprint density at radius 3 is 2.55 bits per heavy atom. The lowest BCUT2D eigenvalue weighted by molar-refractivity contribution is -0.123. The van der Waals surface area contributed by atoms with Crippen LogP contribution in [0.15, 0.2) is 48.5 Å². The number of hydrogen-bond donors (Lipinski definition) is 1. The lowest BCUT2D eigenvalue weighted by Gasteiger charge is -2.33. The van der Waals surface area contributed by atoms with Crippen molar-refractivity contribution >= 4 is 11.6 Å². The minimum atomic E-state index is -0.106. The van der Waals surface area contributed by atoms with Crippen LogP contribution in [0.3, 0.4) is 0 Å². The van der Waals surface area contributed by atoms with Gasteiger partial charge in [0.2, 0.25) is 0 Å². The number of anilines is 1. The predicted molar refractivity (Wildman–Crippen MR) is 120 cm³/mol. The van der Waals surface area contributed by atoms with Gasteiger partial charge in [-0.05, 0) is 60.9 Å². The van der Waals surface area contributed by atoms with Crippen molar-refractivity contribution in [3.8, 4) is 5.75 Å². The molecule has 0 aliphatic carbocycles. The third kappa shape index (κ3) is 5.75. The fraction of sp³-hybridized carbons (Fsp3) is 0.480. The highest BCUT2D eigenvalue weighted by Crippen LogP contribution is 2.26. The Morgan fingerprint density at radius 2 is 1.86 bits per heavy atom. The largest absolute Gasteiger partial charge is 0.483 e. The van der Waals surface area contributed by atoms with Crippen molar-refractivity contribution in [3.05, 3.63) is 59.7 Å². The van der Waals surface area contributed by atoms with Crippen LogP contribution in [0.4, 0.5) is 5.69 Å². The van der Waals surface area contributed by atoms with Crippen LogP contribution in [0.1, 0.15) is 63.6 Å². The van der Waals surface area contributed by atoms with Gasteiger partial charge >= 0.3 is 0 Å². The molecule has 1 fully saturated rings. The fourth-order valence-corrected chi connectivity index (χ4v) is 4.00. The van der Waals surface area contributed by atoms with Gasteiger partial charge in [-0.2, -0.15) is 0 Å². The number of amides is 1. The third-order valence-corrected chi connectivity index (χ3v) is 5.69. The highest BCUT2D eigenvalue weighted by Gasteiger charge is 2.17. The predicted octanol–water partition coefficient (Wildman–Crippen LogP) is 5.30. The molecule has 0 bridgehead atoms. The fourth-order valence-electron chi connectivity index (χ4n) is 4.00. The summed E-state index contributed by atoms with van der Waals surface area (Å²) in [6.45, 7) is 10.9. The maximum absolute atomic E-state index is 12.4. The molecule has 1 saturated heterocycles. The molecule has 0 aromatic heterocycles. The van der Waals surface area contributed by atoms with Gasteiger partial charge in [-0.25, -0.2) is 0 Å². The molecule has 0 spiro atoms. The van der Waals surface area contributed by atoms with Gasteiger partial charge in [-0.1, -0.05) is 51.1 Å². The Bertz CT molecular complexity index is 801. The standard InChI is InChI=1S/C25H34N2O2/c1-18(2)23-9-5-6-10-24(23)29-17-25(28)26-20(4)21-11-13-22(14-12-21)27-15-7-8-19(3)16-27/h5-6,9-14,18-20H,7-8,15-17H2,1-4H3,(H,26,28). The second kappa shape index (κ2) is 9.82. The summed E-state index contributed by atoms with van der Waals surface area (Å²) in [4.78, 5) is 14.8. The average molecular weight is 395 g/mol. The molecule has 3 rings (SSSR count). The van der Waals surface area contributed by atoms with E-state index in [1.54, 1.807) is 0 Å². The van der Waals surface area contributed by atoms with Crippen LogP contribution < -0.4 is 15.0 Å². The van der Waals surface area contributed by atoms with Crippen molar-refractivity contribution < 1.29 is 9.53 Å². The molecule has 2 aromatic rings. The second-order valence-corrected chi connectivity index (χ2v) is 8.56. The summed E-state index contributed by atoms with van der Waals surface area (Å²) in [5, 5.41) is 3.04. The van der Waals surface area contributed by atoms with Crippen LogP contribution in [-0.2, 0) is 4.79 Å². The number of piperidine rings is 1. The van der Waals surface area contributed by atoms with Gasteiger partial charge in [0, 0.05) is 18.8 Å². The maximum Gasteiger partial charge on any atom is 0.258 e. The zero-order chi connectivity index (χ0) is 20.8. The molecule has 0 saturated carbocycles. The number of rotatable bonds is 7. The van der Waals surface area contributed by atoms with Gasteiger partial charge in [-0.3, -0.25) is 4.79 Å². The highest BCUT2D eigenvalue weighted by atomic mass is 16.5. The average Bonchev–Trinajstić information content (AvgIpc) is 2.72. The van der Waals surface area contributed by atoms with E-state index in [-0.39, 0.29) is 18.6 Å². The van der Waals surface area contributed by atoms with E-state index < -0.39 is 0 Å². The molecule has 1 aliphatic heterocycles. The van der Waals surface area contributed by atoms with Crippen LogP contribution in [-0.4, -0.2) is 25.6 Å². The molecular formula is C25H34N2O2. The first-order valence-corrected chi connectivity index (χ1v) is 10.8. The van der Waals surface area contributed by atoms with Gasteiger partial charge in [0.05, 0.1) is 6.04 Å². The number of nitrogens with one attached hydrogen (secondary N) is 1. The summed E-state index contributed by atoms with van der Waals surface area (Å²) >= 11 is 0. The topological polar surface area (TPSA) is 41.6 Å². The Kier molecular flexibility index (Phi) is 7.18. The molecule has 2 unspecified atom stereocenters. The first kappa shape index (κ1) is 21.2. The first-order valence-electron chi connectivity index (χ1n) is 10.8. The number of carbonyl (C=O) groups excluding carboxylic acids is 1. The van der Waals surface area contributed by atoms with E-state index in [2.05, 4.69) is 55.3 Å². The van der Waals surface area contributed by atoms with Gasteiger partial charge in [0.15, 0.2) is 6.61 Å². The summed E-state index contributed by atoms with van der Waals surface area (Å²) < 4.78 is 5.79. The molecule has 1 amide bonds. The van der Waals surface area contributed by atoms with E-state index >= 15 is 0 Å². The Morgan fingerprint density at radius 1 is 1.14 bits per heavy atom. The minimum Gasteiger partial charge on any atom is -0.483 e. The molecule has 2 aromatic carbocycles. The quantitative estimate of drug-likeness (QED) is 0.693. The zero-order valence-corrected chi connectivity index (χ0v) is 18.2. The van der Waals surface area contributed by atoms with Gasteiger partial charge in [-0.15, -0.1) is 0 Å². The van der Waals surface area contributed by atoms with Crippen molar-refractivity contribution in [2.24, 2.45) is 5.92 Å². The van der Waals surface area contributed by atoms with E-state index in [1.165, 1.54) is 18.5 Å². The minimum absolute atomic E-state index is 0.0256. The lowest BCUT2D eigenvalue weighted by Crippen LogP contribution is -2.34. The molecule has 4 heteroatoms. The first-order chi connectivity index (χ1) is 13.9. The molecule has 4 nitrogen and oxygen atoms in total. The molecule has 0 radical (unpaired) electrons. The molecule has 1 heterocycles. The van der Waals surface area contributed by atoms with E-state index in [1.807, 2.05) is 31.2 Å². The molecule has 156 valence electrons. The molecule has 1 aliphatic rings. The summed E-state index contributed by atoms with van der Waals surface area (Å²) in [6.07, 6.45) is 2.58. The molecule has 2 atom stereocenters. The van der Waals surface area contributed by atoms with E-state index in [0.29, 0.717) is 5.92 Å². The van der Waals surface area contributed by atoms with Crippen molar-refractivity contribution in [3.63, 3.8) is 0 Å². The van der Waals surface area contributed by atoms with Crippen molar-refractivity contribution in [2.45, 2.75) is 52.5 Å². The van der Waals surface area contributed by atoms with Crippen LogP contribution in [0.25, 0.3) is 0 Å². The summed E-state index contributed by atoms with van der Waals surface area (Å²) in [5.74, 6) is 1.78. The van der Waals surface area contributed by atoms with E-state index in [4.69, 9.17) is 4.74 Å². The molecule has 1 N–H and O–H groups in total.